The Morgan fingerprint density at radius 3 is 2.46 bits per heavy atom. The Kier molecular flexibility index (Phi) is 7.68. The maximum Gasteiger partial charge on any atom is 0.0461 e. The quantitative estimate of drug-likeness (QED) is 0.390. The van der Waals surface area contributed by atoms with Crippen LogP contribution in [0.4, 0.5) is 0 Å². The van der Waals surface area contributed by atoms with Crippen molar-refractivity contribution in [1.29, 1.82) is 0 Å². The van der Waals surface area contributed by atoms with Crippen molar-refractivity contribution < 1.29 is 0 Å². The molecule has 0 bridgehead atoms. The van der Waals surface area contributed by atoms with Crippen LogP contribution in [0.5, 0.6) is 0 Å². The molecule has 0 saturated carbocycles. The van der Waals surface area contributed by atoms with Gasteiger partial charge in [0.2, 0.25) is 0 Å². The van der Waals surface area contributed by atoms with Crippen LogP contribution < -0.4 is 17.3 Å². The summed E-state index contributed by atoms with van der Waals surface area (Å²) in [5.74, 6) is 5.78. The number of nitrogens with two attached hydrogens (primary N) is 3. The van der Waals surface area contributed by atoms with Crippen molar-refractivity contribution in [2.45, 2.75) is 26.2 Å². The first-order valence-corrected chi connectivity index (χ1v) is 4.87. The summed E-state index contributed by atoms with van der Waals surface area (Å²) >= 11 is 0. The minimum Gasteiger partial charge on any atom is -0.330 e. The second-order valence-corrected chi connectivity index (χ2v) is 3.00. The lowest BCUT2D eigenvalue weighted by atomic mass is 10.2. The second-order valence-electron chi connectivity index (χ2n) is 3.00. The topological polar surface area (TPSA) is 81.3 Å². The Balaban J connectivity index is 4.05. The van der Waals surface area contributed by atoms with E-state index in [-0.39, 0.29) is 0 Å². The highest BCUT2D eigenvalue weighted by molar-refractivity contribution is 5.00. The van der Waals surface area contributed by atoms with Crippen molar-refractivity contribution in [3.63, 3.8) is 0 Å². The minimum absolute atomic E-state index is 0.574. The van der Waals surface area contributed by atoms with Crippen molar-refractivity contribution in [3.05, 3.63) is 11.8 Å². The average Bonchev–Trinajstić information content (AvgIpc) is 2.12. The molecule has 78 valence electrons. The van der Waals surface area contributed by atoms with Crippen molar-refractivity contribution in [2.75, 3.05) is 19.6 Å². The van der Waals surface area contributed by atoms with Gasteiger partial charge in [0.25, 0.3) is 0 Å². The standard InChI is InChI=1S/C9H22N4/c1-2-3-4-9(5-6-10)13(12)8-7-11/h4H,2-3,5-8,10-12H2,1H3. The van der Waals surface area contributed by atoms with Crippen molar-refractivity contribution in [1.82, 2.24) is 5.01 Å². The molecule has 0 aliphatic heterocycles. The SMILES string of the molecule is CCCC=C(CCN)N(N)CCN. The predicted molar refractivity (Wildman–Crippen MR) is 56.6 cm³/mol. The first kappa shape index (κ1) is 12.4. The van der Waals surface area contributed by atoms with Gasteiger partial charge in [-0.15, -0.1) is 0 Å². The number of hydrogen-bond donors (Lipinski definition) is 3. The highest BCUT2D eigenvalue weighted by atomic mass is 15.4. The third-order valence-corrected chi connectivity index (χ3v) is 1.81. The zero-order chi connectivity index (χ0) is 10.1. The number of hydrazine groups is 1. The predicted octanol–water partition coefficient (Wildman–Crippen LogP) is 0.154. The Bertz CT molecular complexity index is 145. The lowest BCUT2D eigenvalue weighted by molar-refractivity contribution is 0.354. The summed E-state index contributed by atoms with van der Waals surface area (Å²) in [7, 11) is 0. The van der Waals surface area contributed by atoms with E-state index in [0.717, 1.165) is 25.0 Å². The van der Waals surface area contributed by atoms with Gasteiger partial charge in [-0.25, -0.2) is 5.84 Å². The van der Waals surface area contributed by atoms with Crippen LogP contribution in [0.1, 0.15) is 26.2 Å². The molecule has 0 rings (SSSR count). The van der Waals surface area contributed by atoms with Crippen LogP contribution in [0.15, 0.2) is 11.8 Å². The van der Waals surface area contributed by atoms with Crippen molar-refractivity contribution >= 4 is 0 Å². The molecule has 0 aromatic heterocycles. The van der Waals surface area contributed by atoms with Crippen LogP contribution in [-0.2, 0) is 0 Å². The molecule has 6 N–H and O–H groups in total. The molecule has 13 heavy (non-hydrogen) atoms. The maximum absolute atomic E-state index is 5.78. The molecule has 0 aliphatic rings. The smallest absolute Gasteiger partial charge is 0.0461 e. The fourth-order valence-corrected chi connectivity index (χ4v) is 1.10. The molecular formula is C9H22N4. The molecule has 4 heteroatoms. The van der Waals surface area contributed by atoms with Crippen LogP contribution in [0, 0.1) is 0 Å². The van der Waals surface area contributed by atoms with Crippen LogP contribution in [0.25, 0.3) is 0 Å². The monoisotopic (exact) mass is 186 g/mol. The number of allylic oxidation sites excluding steroid dienone is 1. The van der Waals surface area contributed by atoms with E-state index in [2.05, 4.69) is 13.0 Å². The molecule has 0 spiro atoms. The molecule has 0 aromatic carbocycles. The van der Waals surface area contributed by atoms with E-state index in [9.17, 15) is 0 Å². The van der Waals surface area contributed by atoms with Gasteiger partial charge in [0, 0.05) is 25.2 Å². The van der Waals surface area contributed by atoms with Crippen LogP contribution >= 0.6 is 0 Å². The van der Waals surface area contributed by atoms with Gasteiger partial charge in [0.15, 0.2) is 0 Å². The van der Waals surface area contributed by atoms with E-state index >= 15 is 0 Å². The van der Waals surface area contributed by atoms with E-state index in [0.29, 0.717) is 19.6 Å². The second kappa shape index (κ2) is 8.04. The lowest BCUT2D eigenvalue weighted by Gasteiger charge is -2.21. The Morgan fingerprint density at radius 2 is 2.00 bits per heavy atom. The van der Waals surface area contributed by atoms with E-state index in [4.69, 9.17) is 17.3 Å². The fraction of sp³-hybridized carbons (Fsp3) is 0.778. The summed E-state index contributed by atoms with van der Waals surface area (Å²) in [6.07, 6.45) is 5.15. The van der Waals surface area contributed by atoms with E-state index in [1.165, 1.54) is 0 Å². The molecule has 0 aromatic rings. The summed E-state index contributed by atoms with van der Waals surface area (Å²) in [4.78, 5) is 0. The molecule has 4 nitrogen and oxygen atoms in total. The molecule has 0 unspecified atom stereocenters. The summed E-state index contributed by atoms with van der Waals surface area (Å²) in [5.41, 5.74) is 12.0. The van der Waals surface area contributed by atoms with Gasteiger partial charge < -0.3 is 16.5 Å². The maximum atomic E-state index is 5.78. The molecule has 0 radical (unpaired) electrons. The molecule has 0 heterocycles. The van der Waals surface area contributed by atoms with Crippen molar-refractivity contribution in [3.8, 4) is 0 Å². The normalized spacial score (nSPS) is 11.8. The van der Waals surface area contributed by atoms with Gasteiger partial charge in [0.05, 0.1) is 0 Å². The molecular weight excluding hydrogens is 164 g/mol. The van der Waals surface area contributed by atoms with E-state index < -0.39 is 0 Å². The number of hydrogen-bond acceptors (Lipinski definition) is 4. The number of rotatable bonds is 7. The zero-order valence-electron chi connectivity index (χ0n) is 8.50. The van der Waals surface area contributed by atoms with Gasteiger partial charge in [-0.1, -0.05) is 19.4 Å². The minimum atomic E-state index is 0.574. The van der Waals surface area contributed by atoms with Gasteiger partial charge >= 0.3 is 0 Å². The highest BCUT2D eigenvalue weighted by Crippen LogP contribution is 2.05. The van der Waals surface area contributed by atoms with E-state index in [1.54, 1.807) is 5.01 Å². The van der Waals surface area contributed by atoms with Crippen LogP contribution in [0.3, 0.4) is 0 Å². The third-order valence-electron chi connectivity index (χ3n) is 1.81. The van der Waals surface area contributed by atoms with Gasteiger partial charge in [0.1, 0.15) is 0 Å². The summed E-state index contributed by atoms with van der Waals surface area (Å²) < 4.78 is 0. The first-order chi connectivity index (χ1) is 6.26. The summed E-state index contributed by atoms with van der Waals surface area (Å²) in [5, 5.41) is 1.70. The van der Waals surface area contributed by atoms with E-state index in [1.807, 2.05) is 0 Å². The van der Waals surface area contributed by atoms with Gasteiger partial charge in [-0.3, -0.25) is 0 Å². The Hall–Kier alpha value is -0.580. The number of nitrogens with zero attached hydrogens (tertiary/aromatic N) is 1. The third kappa shape index (κ3) is 5.63. The van der Waals surface area contributed by atoms with Crippen LogP contribution in [0.2, 0.25) is 0 Å². The molecule has 0 fully saturated rings. The van der Waals surface area contributed by atoms with Crippen molar-refractivity contribution in [2.24, 2.45) is 17.3 Å². The molecule has 0 aliphatic carbocycles. The molecule has 0 atom stereocenters. The molecule has 0 saturated heterocycles. The number of unbranched alkanes of at least 4 members (excludes halogenated alkanes) is 1. The Morgan fingerprint density at radius 1 is 1.31 bits per heavy atom. The fourth-order valence-electron chi connectivity index (χ4n) is 1.10. The molecule has 0 amide bonds. The largest absolute Gasteiger partial charge is 0.330 e. The Labute approximate surface area is 80.7 Å². The van der Waals surface area contributed by atoms with Gasteiger partial charge in [-0.05, 0) is 13.0 Å². The zero-order valence-corrected chi connectivity index (χ0v) is 8.50. The highest BCUT2D eigenvalue weighted by Gasteiger charge is 2.02. The summed E-state index contributed by atoms with van der Waals surface area (Å²) in [6, 6.07) is 0. The van der Waals surface area contributed by atoms with Gasteiger partial charge in [-0.2, -0.15) is 0 Å². The first-order valence-electron chi connectivity index (χ1n) is 4.87. The average molecular weight is 186 g/mol. The lowest BCUT2D eigenvalue weighted by Crippen LogP contribution is -2.35. The van der Waals surface area contributed by atoms with Crippen LogP contribution in [-0.4, -0.2) is 24.6 Å². The summed E-state index contributed by atoms with van der Waals surface area (Å²) in [6.45, 7) is 4.04.